The molecule has 1 N–H and O–H groups in total. The van der Waals surface area contributed by atoms with Gasteiger partial charge in [0.05, 0.1) is 19.8 Å². The lowest BCUT2D eigenvalue weighted by Crippen LogP contribution is -2.36. The first-order valence-electron chi connectivity index (χ1n) is 6.32. The quantitative estimate of drug-likeness (QED) is 0.820. The maximum Gasteiger partial charge on any atom is 0.248 e. The summed E-state index contributed by atoms with van der Waals surface area (Å²) in [5.74, 6) is 0.493. The number of amides is 1. The van der Waals surface area contributed by atoms with Gasteiger partial charge in [0.1, 0.15) is 12.4 Å². The average Bonchev–Trinajstić information content (AvgIpc) is 2.47. The molecule has 1 aromatic carbocycles. The van der Waals surface area contributed by atoms with Gasteiger partial charge < -0.3 is 19.5 Å². The third-order valence-electron chi connectivity index (χ3n) is 3.03. The molecule has 0 spiro atoms. The van der Waals surface area contributed by atoms with E-state index in [1.165, 1.54) is 4.90 Å². The van der Waals surface area contributed by atoms with E-state index in [2.05, 4.69) is 15.9 Å². The summed E-state index contributed by atoms with van der Waals surface area (Å²) in [7, 11) is 3.22. The molecular formula is C14H20BrNO4. The van der Waals surface area contributed by atoms with Crippen molar-refractivity contribution in [3.8, 4) is 5.75 Å². The maximum atomic E-state index is 12.0. The molecule has 0 radical (unpaired) electrons. The van der Waals surface area contributed by atoms with Gasteiger partial charge in [-0.15, -0.1) is 0 Å². The van der Waals surface area contributed by atoms with Crippen LogP contribution in [0.15, 0.2) is 22.7 Å². The molecule has 20 heavy (non-hydrogen) atoms. The van der Waals surface area contributed by atoms with E-state index in [4.69, 9.17) is 9.47 Å². The Kier molecular flexibility index (Phi) is 6.98. The molecule has 0 fully saturated rings. The van der Waals surface area contributed by atoms with Crippen molar-refractivity contribution >= 4 is 21.8 Å². The van der Waals surface area contributed by atoms with E-state index in [1.54, 1.807) is 20.2 Å². The molecule has 0 saturated carbocycles. The Morgan fingerprint density at radius 2 is 2.20 bits per heavy atom. The van der Waals surface area contributed by atoms with Crippen LogP contribution < -0.4 is 4.74 Å². The molecule has 1 aromatic rings. The summed E-state index contributed by atoms with van der Waals surface area (Å²) in [6.45, 7) is 2.13. The summed E-state index contributed by atoms with van der Waals surface area (Å²) in [5, 5.41) is 9.62. The van der Waals surface area contributed by atoms with Crippen molar-refractivity contribution in [1.82, 2.24) is 4.90 Å². The third kappa shape index (κ3) is 4.19. The third-order valence-corrected chi connectivity index (χ3v) is 3.75. The minimum Gasteiger partial charge on any atom is -0.497 e. The summed E-state index contributed by atoms with van der Waals surface area (Å²) in [6, 6.07) is 4.99. The van der Waals surface area contributed by atoms with Crippen LogP contribution in [-0.4, -0.2) is 49.9 Å². The SMILES string of the molecule is CCOCC(=O)N(C)C(CO)c1cc(OC)ccc1Br. The largest absolute Gasteiger partial charge is 0.497 e. The van der Waals surface area contributed by atoms with Crippen molar-refractivity contribution in [1.29, 1.82) is 0 Å². The number of methoxy groups -OCH3 is 1. The lowest BCUT2D eigenvalue weighted by molar-refractivity contribution is -0.137. The molecule has 0 aliphatic carbocycles. The number of hydrogen-bond acceptors (Lipinski definition) is 4. The summed E-state index contributed by atoms with van der Waals surface area (Å²) < 4.78 is 11.1. The van der Waals surface area contributed by atoms with E-state index in [1.807, 2.05) is 19.1 Å². The molecule has 1 unspecified atom stereocenters. The van der Waals surface area contributed by atoms with E-state index in [9.17, 15) is 9.90 Å². The van der Waals surface area contributed by atoms with Gasteiger partial charge in [-0.05, 0) is 30.7 Å². The van der Waals surface area contributed by atoms with Crippen molar-refractivity contribution in [3.05, 3.63) is 28.2 Å². The molecule has 0 bridgehead atoms. The molecule has 112 valence electrons. The Hall–Kier alpha value is -1.11. The highest BCUT2D eigenvalue weighted by Gasteiger charge is 2.23. The smallest absolute Gasteiger partial charge is 0.248 e. The molecule has 0 saturated heterocycles. The van der Waals surface area contributed by atoms with Crippen LogP contribution in [0.1, 0.15) is 18.5 Å². The van der Waals surface area contributed by atoms with Gasteiger partial charge in [0.25, 0.3) is 0 Å². The molecule has 1 amide bonds. The second-order valence-corrected chi connectivity index (χ2v) is 5.08. The van der Waals surface area contributed by atoms with Crippen molar-refractivity contribution in [2.24, 2.45) is 0 Å². The van der Waals surface area contributed by atoms with Gasteiger partial charge in [0.2, 0.25) is 5.91 Å². The predicted octanol–water partition coefficient (Wildman–Crippen LogP) is 1.99. The zero-order valence-corrected chi connectivity index (χ0v) is 13.5. The first-order valence-corrected chi connectivity index (χ1v) is 7.12. The fraction of sp³-hybridized carbons (Fsp3) is 0.500. The van der Waals surface area contributed by atoms with Crippen LogP contribution in [0.25, 0.3) is 0 Å². The number of carbonyl (C=O) groups is 1. The van der Waals surface area contributed by atoms with E-state index in [0.717, 1.165) is 10.0 Å². The number of rotatable bonds is 7. The molecule has 5 nitrogen and oxygen atoms in total. The van der Waals surface area contributed by atoms with Crippen LogP contribution in [0.5, 0.6) is 5.75 Å². The highest BCUT2D eigenvalue weighted by Crippen LogP contribution is 2.30. The highest BCUT2D eigenvalue weighted by atomic mass is 79.9. The number of hydrogen-bond donors (Lipinski definition) is 1. The fourth-order valence-corrected chi connectivity index (χ4v) is 2.31. The van der Waals surface area contributed by atoms with Crippen LogP contribution in [0.4, 0.5) is 0 Å². The number of aliphatic hydroxyl groups excluding tert-OH is 1. The van der Waals surface area contributed by atoms with Gasteiger partial charge in [-0.25, -0.2) is 0 Å². The number of benzene rings is 1. The predicted molar refractivity (Wildman–Crippen MR) is 79.8 cm³/mol. The first kappa shape index (κ1) is 16.9. The van der Waals surface area contributed by atoms with Gasteiger partial charge in [-0.2, -0.15) is 0 Å². The minimum absolute atomic E-state index is 0.00505. The molecule has 1 rings (SSSR count). The molecule has 0 aliphatic heterocycles. The molecular weight excluding hydrogens is 326 g/mol. The van der Waals surface area contributed by atoms with Crippen molar-refractivity contribution < 1.29 is 19.4 Å². The van der Waals surface area contributed by atoms with Gasteiger partial charge in [0, 0.05) is 18.1 Å². The standard InChI is InChI=1S/C14H20BrNO4/c1-4-20-9-14(18)16(2)13(8-17)11-7-10(19-3)5-6-12(11)15/h5-7,13,17H,4,8-9H2,1-3H3. The van der Waals surface area contributed by atoms with Gasteiger partial charge in [-0.1, -0.05) is 15.9 Å². The monoisotopic (exact) mass is 345 g/mol. The number of nitrogens with zero attached hydrogens (tertiary/aromatic N) is 1. The molecule has 1 atom stereocenters. The minimum atomic E-state index is -0.451. The zero-order chi connectivity index (χ0) is 15.1. The summed E-state index contributed by atoms with van der Waals surface area (Å²) in [4.78, 5) is 13.5. The fourth-order valence-electron chi connectivity index (χ4n) is 1.80. The van der Waals surface area contributed by atoms with E-state index in [-0.39, 0.29) is 19.1 Å². The Labute approximate surface area is 127 Å². The topological polar surface area (TPSA) is 59.0 Å². The lowest BCUT2D eigenvalue weighted by Gasteiger charge is -2.28. The zero-order valence-electron chi connectivity index (χ0n) is 11.9. The second kappa shape index (κ2) is 8.24. The Bertz CT molecular complexity index is 453. The van der Waals surface area contributed by atoms with Gasteiger partial charge in [0.15, 0.2) is 0 Å². The van der Waals surface area contributed by atoms with Crippen LogP contribution in [0.2, 0.25) is 0 Å². The van der Waals surface area contributed by atoms with Crippen molar-refractivity contribution in [3.63, 3.8) is 0 Å². The van der Waals surface area contributed by atoms with Crippen LogP contribution in [-0.2, 0) is 9.53 Å². The van der Waals surface area contributed by atoms with E-state index in [0.29, 0.717) is 12.4 Å². The summed E-state index contributed by atoms with van der Waals surface area (Å²) in [6.07, 6.45) is 0. The highest BCUT2D eigenvalue weighted by molar-refractivity contribution is 9.10. The molecule has 0 heterocycles. The van der Waals surface area contributed by atoms with Crippen LogP contribution >= 0.6 is 15.9 Å². The molecule has 6 heteroatoms. The Balaban J connectivity index is 2.97. The normalized spacial score (nSPS) is 12.1. The van der Waals surface area contributed by atoms with E-state index >= 15 is 0 Å². The number of ether oxygens (including phenoxy) is 2. The number of halogens is 1. The van der Waals surface area contributed by atoms with Crippen molar-refractivity contribution in [2.75, 3.05) is 34.0 Å². The Morgan fingerprint density at radius 1 is 1.50 bits per heavy atom. The molecule has 0 aromatic heterocycles. The van der Waals surface area contributed by atoms with Crippen molar-refractivity contribution in [2.45, 2.75) is 13.0 Å². The lowest BCUT2D eigenvalue weighted by atomic mass is 10.1. The number of likely N-dealkylation sites (N-methyl/N-ethyl adjacent to an activating group) is 1. The van der Waals surface area contributed by atoms with Gasteiger partial charge >= 0.3 is 0 Å². The number of carbonyl (C=O) groups excluding carboxylic acids is 1. The maximum absolute atomic E-state index is 12.0. The summed E-state index contributed by atoms with van der Waals surface area (Å²) in [5.41, 5.74) is 0.791. The van der Waals surface area contributed by atoms with Crippen LogP contribution in [0, 0.1) is 0 Å². The van der Waals surface area contributed by atoms with E-state index < -0.39 is 6.04 Å². The molecule has 0 aliphatic rings. The summed E-state index contributed by atoms with van der Waals surface area (Å²) >= 11 is 3.44. The first-order chi connectivity index (χ1) is 9.54. The van der Waals surface area contributed by atoms with Crippen LogP contribution in [0.3, 0.4) is 0 Å². The number of aliphatic hydroxyl groups is 1. The second-order valence-electron chi connectivity index (χ2n) is 4.23. The van der Waals surface area contributed by atoms with Gasteiger partial charge in [-0.3, -0.25) is 4.79 Å². The average molecular weight is 346 g/mol. The Morgan fingerprint density at radius 3 is 2.75 bits per heavy atom.